The molecule has 1 amide bonds. The van der Waals surface area contributed by atoms with Gasteiger partial charge in [-0.25, -0.2) is 4.79 Å². The first-order valence-electron chi connectivity index (χ1n) is 16.9. The van der Waals surface area contributed by atoms with Crippen LogP contribution in [-0.2, 0) is 19.1 Å². The maximum absolute atomic E-state index is 12.8. The van der Waals surface area contributed by atoms with Gasteiger partial charge >= 0.3 is 18.0 Å². The minimum Gasteiger partial charge on any atom is -0.481 e. The van der Waals surface area contributed by atoms with Crippen molar-refractivity contribution in [1.29, 1.82) is 0 Å². The van der Waals surface area contributed by atoms with Crippen LogP contribution in [-0.4, -0.2) is 105 Å². The quantitative estimate of drug-likeness (QED) is 0.0697. The molecule has 0 bridgehead atoms. The van der Waals surface area contributed by atoms with E-state index in [2.05, 4.69) is 16.7 Å². The lowest BCUT2D eigenvalue weighted by atomic mass is 10.1. The smallest absolute Gasteiger partial charge is 0.409 e. The summed E-state index contributed by atoms with van der Waals surface area (Å²) >= 11 is 0. The predicted octanol–water partition coefficient (Wildman–Crippen LogP) is 6.98. The fourth-order valence-corrected chi connectivity index (χ4v) is 4.69. The van der Waals surface area contributed by atoms with Gasteiger partial charge in [0.25, 0.3) is 0 Å². The molecule has 0 fully saturated rings. The van der Waals surface area contributed by atoms with Gasteiger partial charge in [0.1, 0.15) is 6.61 Å². The number of ether oxygens (including phenoxy) is 2. The molecule has 42 heavy (non-hydrogen) atoms. The number of carbonyl (C=O) groups excluding carboxylic acids is 2. The summed E-state index contributed by atoms with van der Waals surface area (Å²) in [6, 6.07) is 0. The maximum atomic E-state index is 12.8. The van der Waals surface area contributed by atoms with E-state index in [1.807, 2.05) is 26.0 Å². The van der Waals surface area contributed by atoms with Crippen LogP contribution in [0.15, 0.2) is 0 Å². The number of carboxylic acids is 1. The van der Waals surface area contributed by atoms with Crippen molar-refractivity contribution in [1.82, 2.24) is 14.7 Å². The van der Waals surface area contributed by atoms with E-state index in [9.17, 15) is 14.4 Å². The van der Waals surface area contributed by atoms with E-state index in [4.69, 9.17) is 14.6 Å². The average molecular weight is 600 g/mol. The number of aliphatic carboxylic acids is 1. The SMILES string of the molecule is CCCCCCCCCOC(=O)CCCCCCCN(CCCCCCCC(=O)O)C(=O)OCCN(C)CCN(C)C. The number of unbranched alkanes of at least 4 members (excludes halogenated alkanes) is 14. The van der Waals surface area contributed by atoms with E-state index in [0.717, 1.165) is 83.7 Å². The number of esters is 1. The summed E-state index contributed by atoms with van der Waals surface area (Å²) in [7, 11) is 6.13. The second kappa shape index (κ2) is 29.2. The molecule has 0 spiro atoms. The van der Waals surface area contributed by atoms with Gasteiger partial charge in [-0.3, -0.25) is 9.59 Å². The van der Waals surface area contributed by atoms with E-state index in [0.29, 0.717) is 45.7 Å². The van der Waals surface area contributed by atoms with E-state index >= 15 is 0 Å². The third-order valence-corrected chi connectivity index (χ3v) is 7.52. The fraction of sp³-hybridized carbons (Fsp3) is 0.909. The molecule has 9 nitrogen and oxygen atoms in total. The first-order valence-corrected chi connectivity index (χ1v) is 16.9. The van der Waals surface area contributed by atoms with Gasteiger partial charge in [0.15, 0.2) is 0 Å². The van der Waals surface area contributed by atoms with Crippen LogP contribution in [0, 0.1) is 0 Å². The molecule has 0 aliphatic heterocycles. The van der Waals surface area contributed by atoms with Crippen molar-refractivity contribution < 1.29 is 29.0 Å². The number of rotatable bonds is 30. The van der Waals surface area contributed by atoms with Gasteiger partial charge in [-0.05, 0) is 53.2 Å². The number of carboxylic acid groups (broad SMARTS) is 1. The highest BCUT2D eigenvalue weighted by Crippen LogP contribution is 2.11. The minimum absolute atomic E-state index is 0.0785. The summed E-state index contributed by atoms with van der Waals surface area (Å²) < 4.78 is 11.0. The molecule has 0 aromatic rings. The van der Waals surface area contributed by atoms with Gasteiger partial charge in [0, 0.05) is 45.6 Å². The molecule has 248 valence electrons. The molecule has 0 heterocycles. The molecule has 0 radical (unpaired) electrons. The lowest BCUT2D eigenvalue weighted by Crippen LogP contribution is -2.36. The summed E-state index contributed by atoms with van der Waals surface area (Å²) in [5.74, 6) is -0.819. The van der Waals surface area contributed by atoms with Crippen LogP contribution in [0.2, 0.25) is 0 Å². The molecule has 0 aliphatic carbocycles. The summed E-state index contributed by atoms with van der Waals surface area (Å²) in [4.78, 5) is 41.6. The molecule has 0 saturated carbocycles. The van der Waals surface area contributed by atoms with Crippen molar-refractivity contribution >= 4 is 18.0 Å². The van der Waals surface area contributed by atoms with Gasteiger partial charge in [-0.15, -0.1) is 0 Å². The molecular formula is C33H65N3O6. The Labute approximate surface area is 257 Å². The van der Waals surface area contributed by atoms with E-state index in [-0.39, 0.29) is 18.5 Å². The van der Waals surface area contributed by atoms with E-state index in [1.54, 1.807) is 0 Å². The highest BCUT2D eigenvalue weighted by atomic mass is 16.6. The van der Waals surface area contributed by atoms with Crippen LogP contribution in [0.3, 0.4) is 0 Å². The van der Waals surface area contributed by atoms with E-state index in [1.165, 1.54) is 32.1 Å². The van der Waals surface area contributed by atoms with Crippen LogP contribution in [0.5, 0.6) is 0 Å². The number of carbonyl (C=O) groups is 3. The third kappa shape index (κ3) is 28.3. The number of likely N-dealkylation sites (N-methyl/N-ethyl adjacent to an activating group) is 2. The normalized spacial score (nSPS) is 11.3. The summed E-state index contributed by atoms with van der Waals surface area (Å²) in [6.07, 6.45) is 18.3. The molecule has 0 rings (SSSR count). The largest absolute Gasteiger partial charge is 0.481 e. The van der Waals surface area contributed by atoms with Gasteiger partial charge in [-0.2, -0.15) is 0 Å². The van der Waals surface area contributed by atoms with Crippen LogP contribution in [0.25, 0.3) is 0 Å². The van der Waals surface area contributed by atoms with E-state index < -0.39 is 5.97 Å². The number of nitrogens with zero attached hydrogens (tertiary/aromatic N) is 3. The Balaban J connectivity index is 4.15. The Hall–Kier alpha value is -1.87. The summed E-state index contributed by atoms with van der Waals surface area (Å²) in [5.41, 5.74) is 0. The van der Waals surface area contributed by atoms with Crippen molar-refractivity contribution in [3.05, 3.63) is 0 Å². The predicted molar refractivity (Wildman–Crippen MR) is 171 cm³/mol. The molecule has 1 N–H and O–H groups in total. The Kier molecular flexibility index (Phi) is 27.9. The molecule has 0 aromatic carbocycles. The van der Waals surface area contributed by atoms with Crippen LogP contribution in [0.4, 0.5) is 4.79 Å². The van der Waals surface area contributed by atoms with Crippen molar-refractivity contribution in [3.63, 3.8) is 0 Å². The third-order valence-electron chi connectivity index (χ3n) is 7.52. The molecule has 0 saturated heterocycles. The fourth-order valence-electron chi connectivity index (χ4n) is 4.69. The monoisotopic (exact) mass is 599 g/mol. The zero-order valence-electron chi connectivity index (χ0n) is 27.7. The number of hydrogen-bond donors (Lipinski definition) is 1. The Bertz CT molecular complexity index is 662. The lowest BCUT2D eigenvalue weighted by Gasteiger charge is -2.24. The van der Waals surface area contributed by atoms with Crippen molar-refractivity contribution in [2.75, 3.05) is 67.1 Å². The number of hydrogen-bond acceptors (Lipinski definition) is 7. The topological polar surface area (TPSA) is 99.6 Å². The second-order valence-electron chi connectivity index (χ2n) is 12.0. The van der Waals surface area contributed by atoms with Crippen LogP contribution in [0.1, 0.15) is 129 Å². The van der Waals surface area contributed by atoms with Gasteiger partial charge in [0.05, 0.1) is 6.61 Å². The summed E-state index contributed by atoms with van der Waals surface area (Å²) in [5, 5.41) is 8.77. The number of amides is 1. The molecule has 0 aliphatic rings. The minimum atomic E-state index is -0.741. The zero-order valence-corrected chi connectivity index (χ0v) is 27.7. The van der Waals surface area contributed by atoms with Gasteiger partial charge in [0.2, 0.25) is 0 Å². The molecule has 9 heteroatoms. The highest BCUT2D eigenvalue weighted by molar-refractivity contribution is 5.69. The van der Waals surface area contributed by atoms with Crippen molar-refractivity contribution in [3.8, 4) is 0 Å². The molecular weight excluding hydrogens is 534 g/mol. The average Bonchev–Trinajstić information content (AvgIpc) is 2.95. The van der Waals surface area contributed by atoms with Crippen molar-refractivity contribution in [2.45, 2.75) is 129 Å². The molecule has 0 atom stereocenters. The summed E-state index contributed by atoms with van der Waals surface area (Å²) in [6.45, 7) is 7.09. The maximum Gasteiger partial charge on any atom is 0.409 e. The standard InChI is InChI=1S/C33H65N3O6/c1-5-6-7-8-9-16-21-29-41-32(39)23-18-13-11-15-20-25-36(24-19-14-10-12-17-22-31(37)38)33(40)42-30-28-35(4)27-26-34(2)3/h5-30H2,1-4H3,(H,37,38). The second-order valence-corrected chi connectivity index (χ2v) is 12.0. The first kappa shape index (κ1) is 40.1. The molecule has 0 unspecified atom stereocenters. The van der Waals surface area contributed by atoms with Crippen LogP contribution >= 0.6 is 0 Å². The molecule has 0 aromatic heterocycles. The lowest BCUT2D eigenvalue weighted by molar-refractivity contribution is -0.144. The Morgan fingerprint density at radius 1 is 0.548 bits per heavy atom. The zero-order chi connectivity index (χ0) is 31.3. The first-order chi connectivity index (χ1) is 20.3. The highest BCUT2D eigenvalue weighted by Gasteiger charge is 2.15. The van der Waals surface area contributed by atoms with Gasteiger partial charge in [-0.1, -0.05) is 84.0 Å². The van der Waals surface area contributed by atoms with Crippen molar-refractivity contribution in [2.24, 2.45) is 0 Å². The van der Waals surface area contributed by atoms with Gasteiger partial charge < -0.3 is 29.3 Å². The Morgan fingerprint density at radius 3 is 1.64 bits per heavy atom. The van der Waals surface area contributed by atoms with Crippen LogP contribution < -0.4 is 0 Å². The Morgan fingerprint density at radius 2 is 1.07 bits per heavy atom.